The fourth-order valence-corrected chi connectivity index (χ4v) is 2.39. The third-order valence-corrected chi connectivity index (χ3v) is 3.30. The molecule has 1 rings (SSSR count). The average Bonchev–Trinajstić information content (AvgIpc) is 2.52. The zero-order valence-corrected chi connectivity index (χ0v) is 9.44. The highest BCUT2D eigenvalue weighted by Gasteiger charge is 2.28. The number of nitrogens with one attached hydrogen (secondary N) is 1. The molecule has 3 N–H and O–H groups in total. The third-order valence-electron chi connectivity index (χ3n) is 2.03. The molecule has 0 saturated carbocycles. The van der Waals surface area contributed by atoms with Crippen LogP contribution in [0.4, 0.5) is 0 Å². The average molecular weight is 234 g/mol. The van der Waals surface area contributed by atoms with Crippen LogP contribution in [0.1, 0.15) is 12.8 Å². The Hall–Kier alpha value is -0.200. The molecule has 1 aliphatic rings. The molecule has 4 nitrogen and oxygen atoms in total. The van der Waals surface area contributed by atoms with Crippen LogP contribution in [-0.4, -0.2) is 34.6 Å². The molecular formula is C8H14N2O2S2. The number of hydrogen-bond acceptors (Lipinski definition) is 5. The summed E-state index contributed by atoms with van der Waals surface area (Å²) < 4.78 is 0. The van der Waals surface area contributed by atoms with Gasteiger partial charge < -0.3 is 11.1 Å². The molecule has 0 aliphatic carbocycles. The highest BCUT2D eigenvalue weighted by molar-refractivity contribution is 8.14. The second-order valence-electron chi connectivity index (χ2n) is 3.14. The normalized spacial score (nSPS) is 23.6. The highest BCUT2D eigenvalue weighted by Crippen LogP contribution is 2.19. The van der Waals surface area contributed by atoms with Gasteiger partial charge in [-0.1, -0.05) is 11.8 Å². The summed E-state index contributed by atoms with van der Waals surface area (Å²) in [6, 6.07) is -0.885. The molecule has 0 radical (unpaired) electrons. The van der Waals surface area contributed by atoms with E-state index in [1.54, 1.807) is 0 Å². The van der Waals surface area contributed by atoms with Gasteiger partial charge in [-0.25, -0.2) is 0 Å². The second-order valence-corrected chi connectivity index (χ2v) is 4.68. The van der Waals surface area contributed by atoms with Crippen molar-refractivity contribution >= 4 is 35.4 Å². The quantitative estimate of drug-likeness (QED) is 0.588. The lowest BCUT2D eigenvalue weighted by Gasteiger charge is -2.14. The van der Waals surface area contributed by atoms with Crippen molar-refractivity contribution in [3.63, 3.8) is 0 Å². The smallest absolute Gasteiger partial charge is 0.237 e. The van der Waals surface area contributed by atoms with Gasteiger partial charge in [-0.2, -0.15) is 12.6 Å². The lowest BCUT2D eigenvalue weighted by molar-refractivity contribution is -0.125. The summed E-state index contributed by atoms with van der Waals surface area (Å²) >= 11 is 5.25. The van der Waals surface area contributed by atoms with Crippen LogP contribution in [-0.2, 0) is 9.59 Å². The van der Waals surface area contributed by atoms with E-state index in [1.165, 1.54) is 11.8 Å². The van der Waals surface area contributed by atoms with Crippen molar-refractivity contribution in [2.75, 3.05) is 11.5 Å². The van der Waals surface area contributed by atoms with Crippen molar-refractivity contribution in [1.29, 1.82) is 0 Å². The molecule has 1 heterocycles. The molecule has 0 aromatic carbocycles. The Morgan fingerprint density at radius 3 is 3.00 bits per heavy atom. The summed E-state index contributed by atoms with van der Waals surface area (Å²) in [5, 5.41) is 2.68. The lowest BCUT2D eigenvalue weighted by atomic mass is 10.2. The second kappa shape index (κ2) is 5.63. The zero-order chi connectivity index (χ0) is 10.6. The first kappa shape index (κ1) is 11.9. The van der Waals surface area contributed by atoms with Gasteiger partial charge in [0.2, 0.25) is 11.0 Å². The Bertz CT molecular complexity index is 235. The number of thiol groups is 1. The molecule has 80 valence electrons. The Kier molecular flexibility index (Phi) is 4.77. The Labute approximate surface area is 92.8 Å². The summed E-state index contributed by atoms with van der Waals surface area (Å²) in [4.78, 5) is 22.6. The van der Waals surface area contributed by atoms with Gasteiger partial charge in [0.1, 0.15) is 0 Å². The topological polar surface area (TPSA) is 72.2 Å². The molecule has 1 amide bonds. The first-order valence-electron chi connectivity index (χ1n) is 4.48. The fraction of sp³-hybridized carbons (Fsp3) is 0.750. The maximum Gasteiger partial charge on any atom is 0.237 e. The largest absolute Gasteiger partial charge is 0.344 e. The van der Waals surface area contributed by atoms with E-state index in [9.17, 15) is 9.59 Å². The van der Waals surface area contributed by atoms with E-state index in [1.807, 2.05) is 0 Å². The molecule has 6 heteroatoms. The first-order valence-corrected chi connectivity index (χ1v) is 6.10. The molecule has 1 fully saturated rings. The van der Waals surface area contributed by atoms with Crippen LogP contribution < -0.4 is 11.1 Å². The minimum atomic E-state index is -0.550. The minimum Gasteiger partial charge on any atom is -0.344 e. The van der Waals surface area contributed by atoms with Gasteiger partial charge in [-0.15, -0.1) is 0 Å². The van der Waals surface area contributed by atoms with Crippen molar-refractivity contribution in [1.82, 2.24) is 5.32 Å². The van der Waals surface area contributed by atoms with Gasteiger partial charge in [0.25, 0.3) is 0 Å². The van der Waals surface area contributed by atoms with Crippen molar-refractivity contribution in [2.24, 2.45) is 5.73 Å². The third kappa shape index (κ3) is 3.18. The fourth-order valence-electron chi connectivity index (χ4n) is 1.18. The van der Waals surface area contributed by atoms with E-state index in [-0.39, 0.29) is 17.1 Å². The molecule has 1 saturated heterocycles. The van der Waals surface area contributed by atoms with Crippen LogP contribution in [0.3, 0.4) is 0 Å². The van der Waals surface area contributed by atoms with Gasteiger partial charge >= 0.3 is 0 Å². The minimum absolute atomic E-state index is 0.0384. The molecule has 0 unspecified atom stereocenters. The van der Waals surface area contributed by atoms with Gasteiger partial charge in [0.05, 0.1) is 12.1 Å². The number of thioether (sulfide) groups is 1. The molecule has 2 atom stereocenters. The maximum absolute atomic E-state index is 11.4. The van der Waals surface area contributed by atoms with Crippen LogP contribution in [0.25, 0.3) is 0 Å². The first-order chi connectivity index (χ1) is 6.65. The van der Waals surface area contributed by atoms with Crippen LogP contribution >= 0.6 is 24.4 Å². The Morgan fingerprint density at radius 2 is 2.50 bits per heavy atom. The van der Waals surface area contributed by atoms with Gasteiger partial charge in [0, 0.05) is 5.75 Å². The van der Waals surface area contributed by atoms with E-state index < -0.39 is 6.04 Å². The predicted molar refractivity (Wildman–Crippen MR) is 60.5 cm³/mol. The van der Waals surface area contributed by atoms with Crippen LogP contribution in [0.15, 0.2) is 0 Å². The Morgan fingerprint density at radius 1 is 1.79 bits per heavy atom. The standard InChI is InChI=1S/C8H14N2O2S2/c9-5(1-3-13)7(11)10-6-2-4-14-8(6)12/h5-6,13H,1-4,9H2,(H,10,11)/t5-,6-/m0/s1. The van der Waals surface area contributed by atoms with Crippen molar-refractivity contribution in [3.05, 3.63) is 0 Å². The predicted octanol–water partition coefficient (Wildman–Crippen LogP) is -0.218. The van der Waals surface area contributed by atoms with Crippen molar-refractivity contribution in [3.8, 4) is 0 Å². The van der Waals surface area contributed by atoms with Crippen LogP contribution in [0, 0.1) is 0 Å². The van der Waals surface area contributed by atoms with Crippen molar-refractivity contribution in [2.45, 2.75) is 24.9 Å². The Balaban J connectivity index is 2.36. The molecule has 0 aromatic heterocycles. The van der Waals surface area contributed by atoms with E-state index in [2.05, 4.69) is 17.9 Å². The SMILES string of the molecule is N[C@@H](CCS)C(=O)N[C@H]1CCSC1=O. The number of hydrogen-bond donors (Lipinski definition) is 3. The van der Waals surface area contributed by atoms with Gasteiger partial charge in [-0.05, 0) is 18.6 Å². The molecule has 0 aromatic rings. The molecule has 1 aliphatic heterocycles. The summed E-state index contributed by atoms with van der Waals surface area (Å²) in [7, 11) is 0. The molecule has 0 spiro atoms. The molecule has 14 heavy (non-hydrogen) atoms. The van der Waals surface area contributed by atoms with E-state index in [4.69, 9.17) is 5.73 Å². The summed E-state index contributed by atoms with van der Waals surface area (Å²) in [6.45, 7) is 0. The van der Waals surface area contributed by atoms with Crippen molar-refractivity contribution < 1.29 is 9.59 Å². The molecular weight excluding hydrogens is 220 g/mol. The molecule has 0 bridgehead atoms. The number of nitrogens with two attached hydrogens (primary N) is 1. The summed E-state index contributed by atoms with van der Waals surface area (Å²) in [5.74, 6) is 1.10. The number of amides is 1. The van der Waals surface area contributed by atoms with E-state index in [0.29, 0.717) is 18.6 Å². The maximum atomic E-state index is 11.4. The van der Waals surface area contributed by atoms with Gasteiger partial charge in [0.15, 0.2) is 0 Å². The monoisotopic (exact) mass is 234 g/mol. The summed E-state index contributed by atoms with van der Waals surface area (Å²) in [6.07, 6.45) is 1.24. The number of carbonyl (C=O) groups is 2. The van der Waals surface area contributed by atoms with Crippen LogP contribution in [0.5, 0.6) is 0 Å². The van der Waals surface area contributed by atoms with E-state index >= 15 is 0 Å². The number of carbonyl (C=O) groups excluding carboxylic acids is 2. The van der Waals surface area contributed by atoms with Gasteiger partial charge in [-0.3, -0.25) is 9.59 Å². The lowest BCUT2D eigenvalue weighted by Crippen LogP contribution is -2.46. The summed E-state index contributed by atoms with van der Waals surface area (Å²) in [5.41, 5.74) is 5.57. The zero-order valence-electron chi connectivity index (χ0n) is 7.73. The highest BCUT2D eigenvalue weighted by atomic mass is 32.2. The number of rotatable bonds is 4. The van der Waals surface area contributed by atoms with E-state index in [0.717, 1.165) is 5.75 Å². The van der Waals surface area contributed by atoms with Crippen LogP contribution in [0.2, 0.25) is 0 Å².